The van der Waals surface area contributed by atoms with Crippen LogP contribution >= 0.6 is 46.7 Å². The quantitative estimate of drug-likeness (QED) is 0.133. The second kappa shape index (κ2) is 9.26. The number of aromatic nitrogens is 4. The van der Waals surface area contributed by atoms with E-state index < -0.39 is 47.6 Å². The molecule has 5 N–H and O–H groups in total. The van der Waals surface area contributed by atoms with Crippen LogP contribution in [-0.4, -0.2) is 56.9 Å². The van der Waals surface area contributed by atoms with E-state index in [0.29, 0.717) is 0 Å². The van der Waals surface area contributed by atoms with Crippen molar-refractivity contribution in [3.8, 4) is 12.3 Å². The maximum absolute atomic E-state index is 12.0. The SMILES string of the molecule is C#C[C@]1(COP(=O)(O)OP(=O)(O)OP(=O)(O)O)C[C@@H](n2cnc3c(Cl)nc(Cl)nc32)C[C@@H]1O. The molecule has 0 aliphatic heterocycles. The second-order valence-corrected chi connectivity index (χ2v) is 12.0. The van der Waals surface area contributed by atoms with Crippen LogP contribution in [0.4, 0.5) is 0 Å². The van der Waals surface area contributed by atoms with Gasteiger partial charge in [-0.3, -0.25) is 4.52 Å². The van der Waals surface area contributed by atoms with Gasteiger partial charge in [0, 0.05) is 6.04 Å². The summed E-state index contributed by atoms with van der Waals surface area (Å²) in [6.07, 6.45) is 5.62. The molecule has 0 radical (unpaired) electrons. The van der Waals surface area contributed by atoms with Gasteiger partial charge >= 0.3 is 23.5 Å². The molecule has 33 heavy (non-hydrogen) atoms. The predicted molar refractivity (Wildman–Crippen MR) is 111 cm³/mol. The number of rotatable bonds is 8. The molecular formula is C13H15Cl2N4O11P3. The van der Waals surface area contributed by atoms with Crippen LogP contribution in [0.1, 0.15) is 18.9 Å². The molecule has 2 aromatic heterocycles. The molecule has 0 saturated heterocycles. The number of imidazole rings is 1. The molecule has 1 saturated carbocycles. The van der Waals surface area contributed by atoms with Gasteiger partial charge < -0.3 is 29.2 Å². The Morgan fingerprint density at radius 3 is 2.45 bits per heavy atom. The van der Waals surface area contributed by atoms with E-state index in [1.165, 1.54) is 10.9 Å². The largest absolute Gasteiger partial charge is 0.490 e. The first-order chi connectivity index (χ1) is 15.1. The summed E-state index contributed by atoms with van der Waals surface area (Å²) in [5.74, 6) is 2.29. The lowest BCUT2D eigenvalue weighted by Crippen LogP contribution is -2.33. The minimum absolute atomic E-state index is 0.00170. The van der Waals surface area contributed by atoms with Gasteiger partial charge in [-0.2, -0.15) is 13.6 Å². The van der Waals surface area contributed by atoms with Crippen LogP contribution in [0.15, 0.2) is 6.33 Å². The van der Waals surface area contributed by atoms with Crippen molar-refractivity contribution < 1.29 is 51.5 Å². The summed E-state index contributed by atoms with van der Waals surface area (Å²) in [5.41, 5.74) is -1.09. The number of nitrogens with zero attached hydrogens (tertiary/aromatic N) is 4. The molecule has 0 bridgehead atoms. The van der Waals surface area contributed by atoms with E-state index >= 15 is 0 Å². The molecule has 20 heteroatoms. The van der Waals surface area contributed by atoms with E-state index in [-0.39, 0.29) is 34.4 Å². The van der Waals surface area contributed by atoms with Gasteiger partial charge in [0.1, 0.15) is 5.52 Å². The Hall–Kier alpha value is -0.940. The zero-order valence-electron chi connectivity index (χ0n) is 16.0. The molecule has 0 amide bonds. The summed E-state index contributed by atoms with van der Waals surface area (Å²) in [6, 6.07) is -0.549. The Kier molecular flexibility index (Phi) is 7.48. The molecular weight excluding hydrogens is 552 g/mol. The minimum Gasteiger partial charge on any atom is -0.391 e. The number of aliphatic hydroxyl groups excluding tert-OH is 1. The first kappa shape index (κ1) is 26.7. The average Bonchev–Trinajstić information content (AvgIpc) is 3.18. The number of hydrogen-bond acceptors (Lipinski definition) is 10. The number of phosphoric ester groups is 1. The molecule has 0 aromatic carbocycles. The van der Waals surface area contributed by atoms with Crippen LogP contribution in [-0.2, 0) is 26.8 Å². The highest BCUT2D eigenvalue weighted by Crippen LogP contribution is 2.66. The van der Waals surface area contributed by atoms with Crippen LogP contribution in [0, 0.1) is 17.8 Å². The summed E-state index contributed by atoms with van der Waals surface area (Å²) in [7, 11) is -16.7. The molecule has 0 spiro atoms. The molecule has 1 aliphatic carbocycles. The molecule has 1 aliphatic rings. The van der Waals surface area contributed by atoms with Gasteiger partial charge in [-0.25, -0.2) is 23.7 Å². The fraction of sp³-hybridized carbons (Fsp3) is 0.462. The maximum Gasteiger partial charge on any atom is 0.490 e. The predicted octanol–water partition coefficient (Wildman–Crippen LogP) is 1.79. The van der Waals surface area contributed by atoms with Crippen molar-refractivity contribution in [2.24, 2.45) is 5.41 Å². The Morgan fingerprint density at radius 2 is 1.85 bits per heavy atom. The zero-order chi connectivity index (χ0) is 24.8. The van der Waals surface area contributed by atoms with Crippen LogP contribution in [0.2, 0.25) is 10.4 Å². The fourth-order valence-electron chi connectivity index (χ4n) is 3.31. The summed E-state index contributed by atoms with van der Waals surface area (Å²) in [5, 5.41) is 10.4. The molecule has 5 atom stereocenters. The van der Waals surface area contributed by atoms with E-state index in [9.17, 15) is 28.6 Å². The zero-order valence-corrected chi connectivity index (χ0v) is 20.2. The van der Waals surface area contributed by atoms with Gasteiger partial charge in [-0.1, -0.05) is 17.5 Å². The fourth-order valence-corrected chi connectivity index (χ4v) is 6.82. The standard InChI is InChI=1S/C13H15Cl2N4O11P3/c1-2-13(5-28-32(24,25)30-33(26,27)29-31(21,22)23)4-7(3-8(13)20)19-6-16-9-10(14)17-12(15)18-11(9)19/h1,6-8,20H,3-5H2,(H,24,25)(H,26,27)(H2,21,22,23)/t7-,8-,13+/m0/s1. The van der Waals surface area contributed by atoms with Crippen molar-refractivity contribution in [2.75, 3.05) is 6.61 Å². The van der Waals surface area contributed by atoms with E-state index in [1.807, 2.05) is 0 Å². The summed E-state index contributed by atoms with van der Waals surface area (Å²) in [4.78, 5) is 48.0. The monoisotopic (exact) mass is 566 g/mol. The molecule has 182 valence electrons. The van der Waals surface area contributed by atoms with Crippen molar-refractivity contribution in [3.05, 3.63) is 16.8 Å². The van der Waals surface area contributed by atoms with Crippen molar-refractivity contribution in [1.82, 2.24) is 19.5 Å². The topological polar surface area (TPSA) is 224 Å². The third-order valence-electron chi connectivity index (χ3n) is 4.67. The van der Waals surface area contributed by atoms with Gasteiger partial charge in [0.2, 0.25) is 5.28 Å². The number of halogens is 2. The van der Waals surface area contributed by atoms with Gasteiger partial charge in [-0.05, 0) is 24.4 Å². The normalized spacial score (nSPS) is 27.2. The lowest BCUT2D eigenvalue weighted by Gasteiger charge is -2.27. The van der Waals surface area contributed by atoms with Crippen molar-refractivity contribution in [3.63, 3.8) is 0 Å². The smallest absolute Gasteiger partial charge is 0.391 e. The van der Waals surface area contributed by atoms with Gasteiger partial charge in [0.05, 0.1) is 24.5 Å². The summed E-state index contributed by atoms with van der Waals surface area (Å²) < 4.78 is 47.7. The molecule has 2 aromatic rings. The van der Waals surface area contributed by atoms with Crippen molar-refractivity contribution in [1.29, 1.82) is 0 Å². The third kappa shape index (κ3) is 6.20. The van der Waals surface area contributed by atoms with E-state index in [0.717, 1.165) is 0 Å². The van der Waals surface area contributed by atoms with E-state index in [2.05, 4.69) is 34.0 Å². The van der Waals surface area contributed by atoms with Crippen molar-refractivity contribution in [2.45, 2.75) is 25.0 Å². The first-order valence-corrected chi connectivity index (χ1v) is 13.8. The third-order valence-corrected chi connectivity index (χ3v) is 8.88. The van der Waals surface area contributed by atoms with Crippen LogP contribution in [0.5, 0.6) is 0 Å². The summed E-state index contributed by atoms with van der Waals surface area (Å²) >= 11 is 11.8. The average molecular weight is 567 g/mol. The van der Waals surface area contributed by atoms with Crippen LogP contribution in [0.25, 0.3) is 11.2 Å². The van der Waals surface area contributed by atoms with Crippen LogP contribution in [0.3, 0.4) is 0 Å². The number of terminal acetylenes is 1. The van der Waals surface area contributed by atoms with Crippen molar-refractivity contribution >= 4 is 57.8 Å². The molecule has 1 fully saturated rings. The second-order valence-electron chi connectivity index (χ2n) is 6.88. The number of aliphatic hydroxyl groups is 1. The Bertz CT molecular complexity index is 1260. The molecule has 2 heterocycles. The Morgan fingerprint density at radius 1 is 1.18 bits per heavy atom. The molecule has 2 unspecified atom stereocenters. The number of hydrogen-bond donors (Lipinski definition) is 5. The van der Waals surface area contributed by atoms with E-state index in [1.54, 1.807) is 0 Å². The lowest BCUT2D eigenvalue weighted by atomic mass is 9.86. The summed E-state index contributed by atoms with van der Waals surface area (Å²) in [6.45, 7) is -0.839. The highest BCUT2D eigenvalue weighted by Gasteiger charge is 2.49. The van der Waals surface area contributed by atoms with Gasteiger partial charge in [0.15, 0.2) is 10.8 Å². The maximum atomic E-state index is 12.0. The number of fused-ring (bicyclic) bond motifs is 1. The Balaban J connectivity index is 1.78. The lowest BCUT2D eigenvalue weighted by molar-refractivity contribution is 0.0443. The van der Waals surface area contributed by atoms with Gasteiger partial charge in [0.25, 0.3) is 0 Å². The number of phosphoric acid groups is 3. The van der Waals surface area contributed by atoms with Crippen LogP contribution < -0.4 is 0 Å². The minimum atomic E-state index is -5.70. The highest BCUT2D eigenvalue weighted by molar-refractivity contribution is 7.66. The van der Waals surface area contributed by atoms with E-state index in [4.69, 9.17) is 39.4 Å². The molecule has 3 rings (SSSR count). The Labute approximate surface area is 195 Å². The first-order valence-electron chi connectivity index (χ1n) is 8.56. The van der Waals surface area contributed by atoms with Gasteiger partial charge in [-0.15, -0.1) is 6.42 Å². The highest BCUT2D eigenvalue weighted by atomic mass is 35.5. The molecule has 15 nitrogen and oxygen atoms in total.